The summed E-state index contributed by atoms with van der Waals surface area (Å²) < 4.78 is 12.6. The Kier molecular flexibility index (Phi) is 9.21. The second-order valence-electron chi connectivity index (χ2n) is 8.36. The van der Waals surface area contributed by atoms with Gasteiger partial charge in [0.15, 0.2) is 17.1 Å². The predicted molar refractivity (Wildman–Crippen MR) is 144 cm³/mol. The highest BCUT2D eigenvalue weighted by molar-refractivity contribution is 7.99. The summed E-state index contributed by atoms with van der Waals surface area (Å²) in [6.45, 7) is 5.41. The molecule has 0 aliphatic carbocycles. The molecule has 1 atom stereocenters. The lowest BCUT2D eigenvalue weighted by Crippen LogP contribution is -2.21. The van der Waals surface area contributed by atoms with Crippen LogP contribution in [0.2, 0.25) is 5.02 Å². The number of ether oxygens (including phenoxy) is 2. The zero-order valence-electron chi connectivity index (χ0n) is 21.5. The summed E-state index contributed by atoms with van der Waals surface area (Å²) in [7, 11) is 6.27. The molecule has 2 amide bonds. The molecule has 1 N–H and O–H groups in total. The third kappa shape index (κ3) is 6.43. The Morgan fingerprint density at radius 1 is 1.24 bits per heavy atom. The van der Waals surface area contributed by atoms with Gasteiger partial charge in [-0.25, -0.2) is 4.79 Å². The third-order valence-corrected chi connectivity index (χ3v) is 8.04. The van der Waals surface area contributed by atoms with Gasteiger partial charge in [0.2, 0.25) is 5.91 Å². The molecular formula is C24H28ClN5O5S2. The first kappa shape index (κ1) is 28.5. The van der Waals surface area contributed by atoms with E-state index in [0.29, 0.717) is 32.2 Å². The zero-order valence-corrected chi connectivity index (χ0v) is 23.9. The van der Waals surface area contributed by atoms with Crippen LogP contribution < -0.4 is 10.1 Å². The van der Waals surface area contributed by atoms with Crippen molar-refractivity contribution in [2.45, 2.75) is 32.0 Å². The number of methoxy groups -OCH3 is 1. The van der Waals surface area contributed by atoms with Gasteiger partial charge in [0.1, 0.15) is 10.8 Å². The first-order valence-electron chi connectivity index (χ1n) is 11.1. The van der Waals surface area contributed by atoms with Gasteiger partial charge >= 0.3 is 5.97 Å². The van der Waals surface area contributed by atoms with Crippen LogP contribution in [0.3, 0.4) is 0 Å². The molecular weight excluding hydrogens is 538 g/mol. The second-order valence-corrected chi connectivity index (χ2v) is 10.7. The van der Waals surface area contributed by atoms with E-state index in [2.05, 4.69) is 15.5 Å². The minimum absolute atomic E-state index is 0.00606. The number of halogens is 1. The van der Waals surface area contributed by atoms with E-state index in [1.165, 1.54) is 23.8 Å². The molecule has 0 spiro atoms. The Bertz CT molecular complexity index is 1340. The maximum absolute atomic E-state index is 12.8. The fourth-order valence-corrected chi connectivity index (χ4v) is 5.47. The molecule has 10 nitrogen and oxygen atoms in total. The Morgan fingerprint density at radius 2 is 1.95 bits per heavy atom. The quantitative estimate of drug-likeness (QED) is 0.298. The fraction of sp³-hybridized carbons (Fsp3) is 0.375. The Labute approximate surface area is 228 Å². The van der Waals surface area contributed by atoms with Gasteiger partial charge in [0.25, 0.3) is 5.91 Å². The van der Waals surface area contributed by atoms with Crippen LogP contribution in [0.4, 0.5) is 5.00 Å². The summed E-state index contributed by atoms with van der Waals surface area (Å²) in [5.74, 6) is -0.0104. The van der Waals surface area contributed by atoms with Gasteiger partial charge in [-0.15, -0.1) is 21.5 Å². The van der Waals surface area contributed by atoms with Crippen molar-refractivity contribution >= 4 is 57.5 Å². The minimum Gasteiger partial charge on any atom is -0.483 e. The van der Waals surface area contributed by atoms with E-state index in [-0.39, 0.29) is 28.1 Å². The number of thioether (sulfide) groups is 1. The summed E-state index contributed by atoms with van der Waals surface area (Å²) in [5.41, 5.74) is 1.53. The van der Waals surface area contributed by atoms with Gasteiger partial charge < -0.3 is 24.3 Å². The largest absolute Gasteiger partial charge is 0.483 e. The fourth-order valence-electron chi connectivity index (χ4n) is 3.40. The maximum atomic E-state index is 12.8. The van der Waals surface area contributed by atoms with Crippen molar-refractivity contribution < 1.29 is 23.9 Å². The number of nitrogens with zero attached hydrogens (tertiary/aromatic N) is 4. The van der Waals surface area contributed by atoms with Crippen LogP contribution >= 0.6 is 34.7 Å². The number of amides is 2. The number of anilines is 1. The molecule has 37 heavy (non-hydrogen) atoms. The SMILES string of the molecule is COC(=O)c1c(NC(=O)CSc2nnc(C(C)Oc3ccc(Cl)c(C)c3)n2C)sc(C(=O)N(C)C)c1C. The molecule has 1 unspecified atom stereocenters. The van der Waals surface area contributed by atoms with Crippen LogP contribution in [0.15, 0.2) is 23.4 Å². The van der Waals surface area contributed by atoms with Crippen molar-refractivity contribution in [3.05, 3.63) is 50.6 Å². The lowest BCUT2D eigenvalue weighted by Gasteiger charge is -2.15. The standard InChI is InChI=1S/C24H28ClN5O5S2/c1-12-10-15(8-9-16(12)25)35-14(3)20-27-28-24(30(20)6)36-11-17(31)26-21-18(23(33)34-7)13(2)19(37-21)22(32)29(4)5/h8-10,14H,11H2,1-7H3,(H,26,31). The van der Waals surface area contributed by atoms with Crippen molar-refractivity contribution in [1.29, 1.82) is 0 Å². The number of carbonyl (C=O) groups excluding carboxylic acids is 3. The zero-order chi connectivity index (χ0) is 27.4. The van der Waals surface area contributed by atoms with Crippen LogP contribution in [0.1, 0.15) is 50.0 Å². The number of thiophene rings is 1. The summed E-state index contributed by atoms with van der Waals surface area (Å²) in [5, 5.41) is 12.6. The lowest BCUT2D eigenvalue weighted by molar-refractivity contribution is -0.113. The van der Waals surface area contributed by atoms with Gasteiger partial charge in [-0.3, -0.25) is 9.59 Å². The maximum Gasteiger partial charge on any atom is 0.341 e. The molecule has 2 heterocycles. The van der Waals surface area contributed by atoms with Gasteiger partial charge in [0.05, 0.1) is 23.3 Å². The number of rotatable bonds is 9. The highest BCUT2D eigenvalue weighted by Gasteiger charge is 2.27. The van der Waals surface area contributed by atoms with E-state index >= 15 is 0 Å². The molecule has 0 aliphatic heterocycles. The van der Waals surface area contributed by atoms with E-state index < -0.39 is 12.1 Å². The molecule has 0 bridgehead atoms. The molecule has 0 radical (unpaired) electrons. The Hall–Kier alpha value is -3.09. The smallest absolute Gasteiger partial charge is 0.341 e. The van der Waals surface area contributed by atoms with Crippen LogP contribution in [-0.2, 0) is 16.6 Å². The van der Waals surface area contributed by atoms with Gasteiger partial charge in [-0.1, -0.05) is 23.4 Å². The van der Waals surface area contributed by atoms with E-state index in [0.717, 1.165) is 16.9 Å². The molecule has 198 valence electrons. The van der Waals surface area contributed by atoms with Crippen LogP contribution in [0.25, 0.3) is 0 Å². The van der Waals surface area contributed by atoms with Crippen molar-refractivity contribution in [1.82, 2.24) is 19.7 Å². The Morgan fingerprint density at radius 3 is 2.57 bits per heavy atom. The summed E-state index contributed by atoms with van der Waals surface area (Å²) in [4.78, 5) is 39.4. The number of aryl methyl sites for hydroxylation is 1. The normalized spacial score (nSPS) is 11.7. The first-order valence-corrected chi connectivity index (χ1v) is 13.3. The summed E-state index contributed by atoms with van der Waals surface area (Å²) >= 11 is 8.31. The van der Waals surface area contributed by atoms with Crippen LogP contribution in [-0.4, -0.2) is 64.4 Å². The number of hydrogen-bond donors (Lipinski definition) is 1. The number of esters is 1. The molecule has 2 aromatic heterocycles. The van der Waals surface area contributed by atoms with Gasteiger partial charge in [-0.05, 0) is 50.1 Å². The van der Waals surface area contributed by atoms with Crippen molar-refractivity contribution in [2.75, 3.05) is 32.3 Å². The molecule has 3 aromatic rings. The highest BCUT2D eigenvalue weighted by atomic mass is 35.5. The van der Waals surface area contributed by atoms with E-state index in [4.69, 9.17) is 21.1 Å². The second kappa shape index (κ2) is 12.0. The molecule has 0 saturated heterocycles. The predicted octanol–water partition coefficient (Wildman–Crippen LogP) is 4.51. The minimum atomic E-state index is -0.627. The monoisotopic (exact) mass is 565 g/mol. The van der Waals surface area contributed by atoms with Gasteiger partial charge in [0, 0.05) is 26.2 Å². The average Bonchev–Trinajstić information content (AvgIpc) is 3.38. The summed E-state index contributed by atoms with van der Waals surface area (Å²) in [6.07, 6.45) is -0.398. The van der Waals surface area contributed by atoms with Gasteiger partial charge in [-0.2, -0.15) is 0 Å². The van der Waals surface area contributed by atoms with Crippen molar-refractivity contribution in [3.63, 3.8) is 0 Å². The molecule has 3 rings (SSSR count). The number of benzene rings is 1. The number of nitrogens with one attached hydrogen (secondary N) is 1. The van der Waals surface area contributed by atoms with E-state index in [1.807, 2.05) is 19.9 Å². The molecule has 0 saturated carbocycles. The molecule has 0 aliphatic rings. The van der Waals surface area contributed by atoms with Crippen LogP contribution in [0, 0.1) is 13.8 Å². The topological polar surface area (TPSA) is 116 Å². The van der Waals surface area contributed by atoms with E-state index in [9.17, 15) is 14.4 Å². The highest BCUT2D eigenvalue weighted by Crippen LogP contribution is 2.34. The number of carbonyl (C=O) groups is 3. The first-order chi connectivity index (χ1) is 17.4. The number of aromatic nitrogens is 3. The third-order valence-electron chi connectivity index (χ3n) is 5.40. The Balaban J connectivity index is 1.69. The van der Waals surface area contributed by atoms with Crippen molar-refractivity contribution in [3.8, 4) is 5.75 Å². The van der Waals surface area contributed by atoms with Crippen molar-refractivity contribution in [2.24, 2.45) is 7.05 Å². The molecule has 0 fully saturated rings. The lowest BCUT2D eigenvalue weighted by atomic mass is 10.1. The molecule has 1 aromatic carbocycles. The summed E-state index contributed by atoms with van der Waals surface area (Å²) in [6, 6.07) is 5.41. The van der Waals surface area contributed by atoms with Crippen LogP contribution in [0.5, 0.6) is 5.75 Å². The number of hydrogen-bond acceptors (Lipinski definition) is 9. The average molecular weight is 566 g/mol. The molecule has 13 heteroatoms. The van der Waals surface area contributed by atoms with E-state index in [1.54, 1.807) is 44.8 Å².